The Hall–Kier alpha value is -2.31. The number of rotatable bonds is 4. The van der Waals surface area contributed by atoms with Crippen LogP contribution in [0.4, 0.5) is 0 Å². The normalized spacial score (nSPS) is 16.0. The van der Waals surface area contributed by atoms with Gasteiger partial charge in [-0.1, -0.05) is 28.9 Å². The molecule has 0 radical (unpaired) electrons. The van der Waals surface area contributed by atoms with E-state index in [1.54, 1.807) is 18.2 Å². The quantitative estimate of drug-likeness (QED) is 0.817. The minimum atomic E-state index is -1.23. The van der Waals surface area contributed by atoms with E-state index < -0.39 is 12.1 Å². The zero-order chi connectivity index (χ0) is 17.3. The van der Waals surface area contributed by atoms with Crippen molar-refractivity contribution in [1.29, 1.82) is 0 Å². The molecule has 2 aromatic rings. The third-order valence-electron chi connectivity index (χ3n) is 3.69. The van der Waals surface area contributed by atoms with Gasteiger partial charge >= 0.3 is 5.97 Å². The number of carboxylic acids is 1. The molecule has 1 unspecified atom stereocenters. The molecule has 0 spiro atoms. The number of fused-ring (bicyclic) bond motifs is 1. The average molecular weight is 391 g/mol. The van der Waals surface area contributed by atoms with Gasteiger partial charge in [0.15, 0.2) is 0 Å². The molecule has 0 saturated heterocycles. The standard InChI is InChI=1S/C18H15BrO5/c1-2-10-8-11(19)6-7-13(10)23-14-4-3-5-15-17(14)12(20)9-16(24-15)18(21)22/h3-9,12,20H,2H2,1H3,(H,21,22). The fourth-order valence-corrected chi connectivity index (χ4v) is 2.94. The number of carbonyl (C=O) groups is 1. The monoisotopic (exact) mass is 390 g/mol. The maximum atomic E-state index is 11.1. The van der Waals surface area contributed by atoms with Crippen LogP contribution in [0.25, 0.3) is 0 Å². The summed E-state index contributed by atoms with van der Waals surface area (Å²) in [6, 6.07) is 10.7. The molecule has 5 nitrogen and oxygen atoms in total. The van der Waals surface area contributed by atoms with E-state index in [1.807, 2.05) is 25.1 Å². The van der Waals surface area contributed by atoms with Crippen LogP contribution >= 0.6 is 15.9 Å². The second-order valence-electron chi connectivity index (χ2n) is 5.26. The van der Waals surface area contributed by atoms with Crippen molar-refractivity contribution in [1.82, 2.24) is 0 Å². The summed E-state index contributed by atoms with van der Waals surface area (Å²) in [5.74, 6) is -0.153. The summed E-state index contributed by atoms with van der Waals surface area (Å²) in [5, 5.41) is 19.3. The van der Waals surface area contributed by atoms with Crippen LogP contribution in [0.1, 0.15) is 24.2 Å². The number of carboxylic acid groups (broad SMARTS) is 1. The summed E-state index contributed by atoms with van der Waals surface area (Å²) in [5.41, 5.74) is 1.42. The van der Waals surface area contributed by atoms with Gasteiger partial charge in [0.05, 0.1) is 5.56 Å². The minimum Gasteiger partial charge on any atom is -0.475 e. The molecule has 0 saturated carbocycles. The van der Waals surface area contributed by atoms with Crippen LogP contribution in [0.2, 0.25) is 0 Å². The first-order chi connectivity index (χ1) is 11.5. The third-order valence-corrected chi connectivity index (χ3v) is 4.18. The number of ether oxygens (including phenoxy) is 2. The van der Waals surface area contributed by atoms with E-state index in [0.717, 1.165) is 22.5 Å². The Morgan fingerprint density at radius 3 is 2.79 bits per heavy atom. The topological polar surface area (TPSA) is 76.0 Å². The highest BCUT2D eigenvalue weighted by atomic mass is 79.9. The molecule has 0 amide bonds. The highest BCUT2D eigenvalue weighted by molar-refractivity contribution is 9.10. The number of benzene rings is 2. The molecular weight excluding hydrogens is 376 g/mol. The molecule has 6 heteroatoms. The van der Waals surface area contributed by atoms with Crippen molar-refractivity contribution in [3.8, 4) is 17.2 Å². The minimum absolute atomic E-state index is 0.273. The number of aliphatic carboxylic acids is 1. The predicted octanol–water partition coefficient (Wildman–Crippen LogP) is 4.20. The number of halogens is 1. The maximum Gasteiger partial charge on any atom is 0.371 e. The molecule has 0 aliphatic carbocycles. The highest BCUT2D eigenvalue weighted by Crippen LogP contribution is 2.41. The Morgan fingerprint density at radius 1 is 1.29 bits per heavy atom. The van der Waals surface area contributed by atoms with E-state index in [1.165, 1.54) is 0 Å². The van der Waals surface area contributed by atoms with E-state index in [4.69, 9.17) is 14.6 Å². The fourth-order valence-electron chi connectivity index (χ4n) is 2.53. The summed E-state index contributed by atoms with van der Waals surface area (Å²) in [7, 11) is 0. The van der Waals surface area contributed by atoms with Crippen LogP contribution in [-0.2, 0) is 11.2 Å². The molecule has 2 aromatic carbocycles. The number of aryl methyl sites for hydroxylation is 1. The van der Waals surface area contributed by atoms with Crippen LogP contribution in [0, 0.1) is 0 Å². The Kier molecular flexibility index (Phi) is 4.59. The molecule has 0 aromatic heterocycles. The molecule has 1 atom stereocenters. The largest absolute Gasteiger partial charge is 0.475 e. The van der Waals surface area contributed by atoms with E-state index in [2.05, 4.69) is 15.9 Å². The van der Waals surface area contributed by atoms with E-state index in [0.29, 0.717) is 17.1 Å². The zero-order valence-electron chi connectivity index (χ0n) is 12.8. The van der Waals surface area contributed by atoms with Gasteiger partial charge < -0.3 is 19.7 Å². The summed E-state index contributed by atoms with van der Waals surface area (Å²) < 4.78 is 12.3. The lowest BCUT2D eigenvalue weighted by Gasteiger charge is -2.23. The molecule has 1 aliphatic rings. The molecule has 24 heavy (non-hydrogen) atoms. The van der Waals surface area contributed by atoms with Gasteiger partial charge in [-0.15, -0.1) is 0 Å². The SMILES string of the molecule is CCc1cc(Br)ccc1Oc1cccc2c1C(O)C=C(C(=O)O)O2. The predicted molar refractivity (Wildman–Crippen MR) is 91.3 cm³/mol. The van der Waals surface area contributed by atoms with Crippen LogP contribution in [0.5, 0.6) is 17.2 Å². The lowest BCUT2D eigenvalue weighted by Crippen LogP contribution is -2.16. The molecule has 1 heterocycles. The summed E-state index contributed by atoms with van der Waals surface area (Å²) in [4.78, 5) is 11.1. The first-order valence-corrected chi connectivity index (χ1v) is 8.19. The van der Waals surface area contributed by atoms with Crippen molar-refractivity contribution < 1.29 is 24.5 Å². The van der Waals surface area contributed by atoms with Gasteiger partial charge in [0.2, 0.25) is 5.76 Å². The number of aliphatic hydroxyl groups is 1. The number of aliphatic hydroxyl groups excluding tert-OH is 1. The van der Waals surface area contributed by atoms with E-state index in [-0.39, 0.29) is 11.5 Å². The van der Waals surface area contributed by atoms with Gasteiger partial charge in [-0.3, -0.25) is 0 Å². The van der Waals surface area contributed by atoms with Crippen LogP contribution in [0.15, 0.2) is 52.7 Å². The van der Waals surface area contributed by atoms with E-state index in [9.17, 15) is 9.90 Å². The Bertz CT molecular complexity index is 828. The molecule has 0 fully saturated rings. The molecule has 0 bridgehead atoms. The molecule has 1 aliphatic heterocycles. The van der Waals surface area contributed by atoms with E-state index >= 15 is 0 Å². The highest BCUT2D eigenvalue weighted by Gasteiger charge is 2.27. The lowest BCUT2D eigenvalue weighted by molar-refractivity contribution is -0.135. The Morgan fingerprint density at radius 2 is 2.08 bits per heavy atom. The van der Waals surface area contributed by atoms with Gasteiger partial charge in [-0.2, -0.15) is 0 Å². The van der Waals surface area contributed by atoms with Gasteiger partial charge in [0, 0.05) is 4.47 Å². The van der Waals surface area contributed by atoms with Crippen molar-refractivity contribution in [3.63, 3.8) is 0 Å². The first kappa shape index (κ1) is 16.5. The summed E-state index contributed by atoms with van der Waals surface area (Å²) in [6.45, 7) is 2.02. The number of hydrogen-bond acceptors (Lipinski definition) is 4. The molecule has 3 rings (SSSR count). The van der Waals surface area contributed by atoms with Gasteiger partial charge in [-0.25, -0.2) is 4.79 Å². The summed E-state index contributed by atoms with van der Waals surface area (Å²) >= 11 is 3.43. The fraction of sp³-hybridized carbons (Fsp3) is 0.167. The molecule has 2 N–H and O–H groups in total. The number of hydrogen-bond donors (Lipinski definition) is 2. The second kappa shape index (κ2) is 6.67. The maximum absolute atomic E-state index is 11.1. The van der Waals surface area contributed by atoms with Crippen molar-refractivity contribution in [2.75, 3.05) is 0 Å². The van der Waals surface area contributed by atoms with Crippen molar-refractivity contribution in [3.05, 3.63) is 63.8 Å². The lowest BCUT2D eigenvalue weighted by atomic mass is 10.0. The van der Waals surface area contributed by atoms with Gasteiger partial charge in [0.1, 0.15) is 23.4 Å². The van der Waals surface area contributed by atoms with Crippen molar-refractivity contribution >= 4 is 21.9 Å². The van der Waals surface area contributed by atoms with Gasteiger partial charge in [0.25, 0.3) is 0 Å². The van der Waals surface area contributed by atoms with Crippen molar-refractivity contribution in [2.45, 2.75) is 19.4 Å². The second-order valence-corrected chi connectivity index (χ2v) is 6.17. The van der Waals surface area contributed by atoms with Crippen LogP contribution in [-0.4, -0.2) is 16.2 Å². The van der Waals surface area contributed by atoms with Crippen LogP contribution in [0.3, 0.4) is 0 Å². The molecule has 124 valence electrons. The summed E-state index contributed by atoms with van der Waals surface area (Å²) in [6.07, 6.45) is 0.822. The Labute approximate surface area is 147 Å². The zero-order valence-corrected chi connectivity index (χ0v) is 14.4. The average Bonchev–Trinajstić information content (AvgIpc) is 2.56. The Balaban J connectivity index is 1.99. The smallest absolute Gasteiger partial charge is 0.371 e. The third kappa shape index (κ3) is 3.16. The first-order valence-electron chi connectivity index (χ1n) is 7.39. The molecular formula is C18H15BrO5. The van der Waals surface area contributed by atoms with Crippen LogP contribution < -0.4 is 9.47 Å². The van der Waals surface area contributed by atoms with Crippen molar-refractivity contribution in [2.24, 2.45) is 0 Å². The van der Waals surface area contributed by atoms with Gasteiger partial charge in [-0.05, 0) is 48.4 Å².